The van der Waals surface area contributed by atoms with Gasteiger partial charge in [0.2, 0.25) is 0 Å². The molecule has 2 rings (SSSR count). The lowest BCUT2D eigenvalue weighted by atomic mass is 10.0. The SMILES string of the molecule is COc1cccc(OCC(N)c2cc(C)ccc2OC)c1. The number of ether oxygens (including phenoxy) is 3. The van der Waals surface area contributed by atoms with E-state index in [2.05, 4.69) is 0 Å². The van der Waals surface area contributed by atoms with Crippen LogP contribution in [0.15, 0.2) is 42.5 Å². The highest BCUT2D eigenvalue weighted by Crippen LogP contribution is 2.26. The fraction of sp³-hybridized carbons (Fsp3) is 0.294. The molecule has 0 amide bonds. The van der Waals surface area contributed by atoms with Crippen molar-refractivity contribution in [3.05, 3.63) is 53.6 Å². The highest BCUT2D eigenvalue weighted by molar-refractivity contribution is 5.39. The third kappa shape index (κ3) is 3.89. The minimum absolute atomic E-state index is 0.258. The first-order chi connectivity index (χ1) is 10.1. The summed E-state index contributed by atoms with van der Waals surface area (Å²) in [6.45, 7) is 2.39. The van der Waals surface area contributed by atoms with E-state index in [-0.39, 0.29) is 6.04 Å². The molecule has 0 aliphatic rings. The van der Waals surface area contributed by atoms with Crippen molar-refractivity contribution in [3.63, 3.8) is 0 Å². The van der Waals surface area contributed by atoms with Crippen molar-refractivity contribution < 1.29 is 14.2 Å². The first kappa shape index (κ1) is 15.2. The largest absolute Gasteiger partial charge is 0.497 e. The fourth-order valence-electron chi connectivity index (χ4n) is 2.11. The van der Waals surface area contributed by atoms with E-state index >= 15 is 0 Å². The van der Waals surface area contributed by atoms with Crippen LogP contribution in [-0.2, 0) is 0 Å². The topological polar surface area (TPSA) is 53.7 Å². The van der Waals surface area contributed by atoms with Gasteiger partial charge in [-0.2, -0.15) is 0 Å². The van der Waals surface area contributed by atoms with Crippen LogP contribution in [0.5, 0.6) is 17.2 Å². The third-order valence-corrected chi connectivity index (χ3v) is 3.26. The summed E-state index contributed by atoms with van der Waals surface area (Å²) in [4.78, 5) is 0. The van der Waals surface area contributed by atoms with E-state index in [1.54, 1.807) is 14.2 Å². The molecule has 0 bridgehead atoms. The van der Waals surface area contributed by atoms with Crippen LogP contribution in [0.1, 0.15) is 17.2 Å². The zero-order chi connectivity index (χ0) is 15.2. The molecule has 0 aliphatic heterocycles. The Hall–Kier alpha value is -2.20. The lowest BCUT2D eigenvalue weighted by Gasteiger charge is -2.17. The minimum atomic E-state index is -0.258. The molecule has 2 N–H and O–H groups in total. The van der Waals surface area contributed by atoms with Crippen molar-refractivity contribution in [2.45, 2.75) is 13.0 Å². The van der Waals surface area contributed by atoms with Crippen LogP contribution in [-0.4, -0.2) is 20.8 Å². The van der Waals surface area contributed by atoms with Crippen molar-refractivity contribution in [3.8, 4) is 17.2 Å². The molecular formula is C17H21NO3. The van der Waals surface area contributed by atoms with E-state index in [4.69, 9.17) is 19.9 Å². The zero-order valence-electron chi connectivity index (χ0n) is 12.6. The number of benzene rings is 2. The van der Waals surface area contributed by atoms with E-state index in [1.807, 2.05) is 49.4 Å². The van der Waals surface area contributed by atoms with Gasteiger partial charge in [0, 0.05) is 11.6 Å². The van der Waals surface area contributed by atoms with E-state index in [0.29, 0.717) is 6.61 Å². The standard InChI is InChI=1S/C17H21NO3/c1-12-7-8-17(20-3)15(9-12)16(18)11-21-14-6-4-5-13(10-14)19-2/h4-10,16H,11,18H2,1-3H3. The predicted molar refractivity (Wildman–Crippen MR) is 83.1 cm³/mol. The van der Waals surface area contributed by atoms with E-state index < -0.39 is 0 Å². The molecule has 21 heavy (non-hydrogen) atoms. The Morgan fingerprint density at radius 3 is 2.48 bits per heavy atom. The van der Waals surface area contributed by atoms with Gasteiger partial charge >= 0.3 is 0 Å². The lowest BCUT2D eigenvalue weighted by Crippen LogP contribution is -2.20. The summed E-state index contributed by atoms with van der Waals surface area (Å²) in [5, 5.41) is 0. The molecule has 4 nitrogen and oxygen atoms in total. The third-order valence-electron chi connectivity index (χ3n) is 3.26. The summed E-state index contributed by atoms with van der Waals surface area (Å²) in [6, 6.07) is 13.2. The van der Waals surface area contributed by atoms with Gasteiger partial charge in [-0.3, -0.25) is 0 Å². The highest BCUT2D eigenvalue weighted by atomic mass is 16.5. The fourth-order valence-corrected chi connectivity index (χ4v) is 2.11. The number of hydrogen-bond acceptors (Lipinski definition) is 4. The quantitative estimate of drug-likeness (QED) is 0.887. The smallest absolute Gasteiger partial charge is 0.123 e. The number of nitrogens with two attached hydrogens (primary N) is 1. The van der Waals surface area contributed by atoms with Gasteiger partial charge in [-0.25, -0.2) is 0 Å². The maximum atomic E-state index is 6.22. The molecule has 0 aliphatic carbocycles. The summed E-state index contributed by atoms with van der Waals surface area (Å²) in [5.41, 5.74) is 8.31. The Balaban J connectivity index is 2.07. The summed E-state index contributed by atoms with van der Waals surface area (Å²) in [5.74, 6) is 2.27. The van der Waals surface area contributed by atoms with Gasteiger partial charge in [0.25, 0.3) is 0 Å². The zero-order valence-corrected chi connectivity index (χ0v) is 12.6. The summed E-state index contributed by atoms with van der Waals surface area (Å²) in [7, 11) is 3.27. The van der Waals surface area contributed by atoms with E-state index in [1.165, 1.54) is 0 Å². The lowest BCUT2D eigenvalue weighted by molar-refractivity contribution is 0.285. The summed E-state index contributed by atoms with van der Waals surface area (Å²) in [6.07, 6.45) is 0. The molecule has 0 aromatic heterocycles. The van der Waals surface area contributed by atoms with Crippen LogP contribution < -0.4 is 19.9 Å². The van der Waals surface area contributed by atoms with Crippen LogP contribution in [0.3, 0.4) is 0 Å². The second-order valence-corrected chi connectivity index (χ2v) is 4.84. The van der Waals surface area contributed by atoms with Gasteiger partial charge < -0.3 is 19.9 Å². The molecule has 2 aromatic rings. The van der Waals surface area contributed by atoms with Gasteiger partial charge in [-0.1, -0.05) is 23.8 Å². The van der Waals surface area contributed by atoms with Crippen molar-refractivity contribution in [1.82, 2.24) is 0 Å². The molecule has 1 atom stereocenters. The van der Waals surface area contributed by atoms with Crippen LogP contribution in [0, 0.1) is 6.92 Å². The van der Waals surface area contributed by atoms with Crippen LogP contribution in [0.2, 0.25) is 0 Å². The normalized spacial score (nSPS) is 11.8. The Kier molecular flexibility index (Phi) is 5.06. The first-order valence-electron chi connectivity index (χ1n) is 6.81. The van der Waals surface area contributed by atoms with Gasteiger partial charge in [0.1, 0.15) is 23.9 Å². The molecule has 0 fully saturated rings. The van der Waals surface area contributed by atoms with Gasteiger partial charge in [0.15, 0.2) is 0 Å². The number of aryl methyl sites for hydroxylation is 1. The van der Waals surface area contributed by atoms with E-state index in [9.17, 15) is 0 Å². The maximum Gasteiger partial charge on any atom is 0.123 e. The molecule has 0 heterocycles. The van der Waals surface area contributed by atoms with Gasteiger partial charge in [-0.15, -0.1) is 0 Å². The molecule has 0 radical (unpaired) electrons. The summed E-state index contributed by atoms with van der Waals surface area (Å²) < 4.78 is 16.3. The van der Waals surface area contributed by atoms with Crippen molar-refractivity contribution in [1.29, 1.82) is 0 Å². The predicted octanol–water partition coefficient (Wildman–Crippen LogP) is 3.09. The second kappa shape index (κ2) is 6.99. The maximum absolute atomic E-state index is 6.22. The Morgan fingerprint density at radius 2 is 1.76 bits per heavy atom. The van der Waals surface area contributed by atoms with E-state index in [0.717, 1.165) is 28.4 Å². The Morgan fingerprint density at radius 1 is 1.00 bits per heavy atom. The molecule has 0 saturated heterocycles. The minimum Gasteiger partial charge on any atom is -0.497 e. The Labute approximate surface area is 125 Å². The Bertz CT molecular complexity index is 598. The van der Waals surface area contributed by atoms with Gasteiger partial charge in [-0.05, 0) is 25.1 Å². The number of hydrogen-bond donors (Lipinski definition) is 1. The van der Waals surface area contributed by atoms with Gasteiger partial charge in [0.05, 0.1) is 20.3 Å². The van der Waals surface area contributed by atoms with Crippen LogP contribution in [0.4, 0.5) is 0 Å². The van der Waals surface area contributed by atoms with Crippen molar-refractivity contribution in [2.75, 3.05) is 20.8 Å². The highest BCUT2D eigenvalue weighted by Gasteiger charge is 2.13. The molecule has 2 aromatic carbocycles. The van der Waals surface area contributed by atoms with Crippen molar-refractivity contribution >= 4 is 0 Å². The molecule has 1 unspecified atom stereocenters. The van der Waals surface area contributed by atoms with Crippen LogP contribution >= 0.6 is 0 Å². The number of rotatable bonds is 6. The van der Waals surface area contributed by atoms with Crippen LogP contribution in [0.25, 0.3) is 0 Å². The molecular weight excluding hydrogens is 266 g/mol. The summed E-state index contributed by atoms with van der Waals surface area (Å²) >= 11 is 0. The first-order valence-corrected chi connectivity index (χ1v) is 6.81. The average molecular weight is 287 g/mol. The number of methoxy groups -OCH3 is 2. The van der Waals surface area contributed by atoms with Crippen molar-refractivity contribution in [2.24, 2.45) is 5.73 Å². The monoisotopic (exact) mass is 287 g/mol. The average Bonchev–Trinajstić information content (AvgIpc) is 2.52. The molecule has 0 spiro atoms. The molecule has 0 saturated carbocycles. The molecule has 4 heteroatoms. The molecule has 112 valence electrons. The second-order valence-electron chi connectivity index (χ2n) is 4.84.